The Morgan fingerprint density at radius 2 is 1.57 bits per heavy atom. The molecule has 0 saturated heterocycles. The molecule has 0 aliphatic carbocycles. The summed E-state index contributed by atoms with van der Waals surface area (Å²) < 4.78 is 0. The Morgan fingerprint density at radius 1 is 1.05 bits per heavy atom. The molecule has 21 heavy (non-hydrogen) atoms. The van der Waals surface area contributed by atoms with Crippen molar-refractivity contribution in [2.24, 2.45) is 11.6 Å². The summed E-state index contributed by atoms with van der Waals surface area (Å²) in [6.45, 7) is 4.81. The Balaban J connectivity index is -0.000000572. The molecule has 0 aliphatic rings. The van der Waals surface area contributed by atoms with E-state index in [0.29, 0.717) is 13.2 Å². The number of hydrogen-bond acceptors (Lipinski definition) is 5. The second-order valence-corrected chi connectivity index (χ2v) is 3.92. The number of rotatable bonds is 10. The van der Waals surface area contributed by atoms with Gasteiger partial charge in [0.2, 0.25) is 0 Å². The zero-order valence-corrected chi connectivity index (χ0v) is 16.5. The number of primary amides is 1. The molecule has 0 aromatic heterocycles. The van der Waals surface area contributed by atoms with Gasteiger partial charge in [0.25, 0.3) is 0 Å². The molecule has 10 heteroatoms. The summed E-state index contributed by atoms with van der Waals surface area (Å²) in [5, 5.41) is 5.34. The van der Waals surface area contributed by atoms with Crippen LogP contribution in [-0.2, 0) is 0 Å². The van der Waals surface area contributed by atoms with E-state index < -0.39 is 6.03 Å². The van der Waals surface area contributed by atoms with E-state index in [9.17, 15) is 4.79 Å². The van der Waals surface area contributed by atoms with Crippen LogP contribution in [0, 0.1) is 38.0 Å². The van der Waals surface area contributed by atoms with E-state index in [-0.39, 0.29) is 37.1 Å². The molecule has 122 valence electrons. The molecule has 0 atom stereocenters. The molecule has 0 fully saturated rings. The molecule has 9 nitrogen and oxygen atoms in total. The minimum atomic E-state index is -1.08. The smallest absolute Gasteiger partial charge is 0.463 e. The predicted octanol–water partition coefficient (Wildman–Crippen LogP) is 0.503. The van der Waals surface area contributed by atoms with Crippen LogP contribution in [0.3, 0.4) is 0 Å². The first-order chi connectivity index (χ1) is 9.54. The van der Waals surface area contributed by atoms with Gasteiger partial charge in [-0.15, -0.1) is 0 Å². The van der Waals surface area contributed by atoms with Gasteiger partial charge < -0.3 is 29.0 Å². The number of unbranched alkanes of at least 4 members (excludes halogenated alkanes) is 5. The molecule has 0 bridgehead atoms. The normalized spacial score (nSPS) is 8.86. The van der Waals surface area contributed by atoms with Gasteiger partial charge in [0.05, 0.1) is 6.67 Å². The van der Waals surface area contributed by atoms with Crippen molar-refractivity contribution in [1.29, 1.82) is 0 Å². The van der Waals surface area contributed by atoms with Gasteiger partial charge in [-0.1, -0.05) is 25.7 Å². The molecule has 0 radical (unpaired) electrons. The standard InChI is InChI=1S/C10H24N5O.CH4N2O.U/c1-2-3-4-5-6-7-8-12-10(16)13-9-14-15-11;2-1(3)4;/h14-15H,1-9,11H2,(H2,12,13,16);(H4,2,3,4);/q-1;;+2/p-1. The number of carbonyl (C=O) groups is 2. The Kier molecular flexibility index (Phi) is 26.4. The molecule has 0 spiro atoms. The number of amides is 4. The van der Waals surface area contributed by atoms with Crippen LogP contribution in [0.15, 0.2) is 0 Å². The monoisotopic (exact) mass is 527 g/mol. The van der Waals surface area contributed by atoms with Crippen molar-refractivity contribution in [3.63, 3.8) is 0 Å². The molecule has 0 aromatic rings. The molecular weight excluding hydrogens is 500 g/mol. The van der Waals surface area contributed by atoms with E-state index in [1.807, 2.05) is 0 Å². The topological polar surface area (TPSA) is 158 Å². The fraction of sp³-hybridized carbons (Fsp3) is 0.727. The van der Waals surface area contributed by atoms with Crippen LogP contribution in [0.2, 0.25) is 0 Å². The number of urea groups is 2. The second kappa shape index (κ2) is 21.8. The summed E-state index contributed by atoms with van der Waals surface area (Å²) in [7, 11) is 0. The van der Waals surface area contributed by atoms with Gasteiger partial charge in [-0.05, 0) is 6.42 Å². The van der Waals surface area contributed by atoms with Crippen molar-refractivity contribution in [2.75, 3.05) is 13.2 Å². The van der Waals surface area contributed by atoms with Crippen LogP contribution >= 0.6 is 0 Å². The Bertz CT molecular complexity index is 241. The molecule has 0 unspecified atom stereocenters. The maximum atomic E-state index is 11.1. The number of hydrogen-bond donors (Lipinski definition) is 6. The van der Waals surface area contributed by atoms with Gasteiger partial charge in [0.1, 0.15) is 6.03 Å². The number of hydrazine groups is 2. The van der Waals surface area contributed by atoms with Crippen molar-refractivity contribution in [1.82, 2.24) is 21.6 Å². The third-order valence-corrected chi connectivity index (χ3v) is 2.15. The Morgan fingerprint density at radius 3 is 2.10 bits per heavy atom. The zero-order valence-electron chi connectivity index (χ0n) is 12.3. The van der Waals surface area contributed by atoms with E-state index >= 15 is 0 Å². The quantitative estimate of drug-likeness (QED) is 0.0802. The Labute approximate surface area is 150 Å². The van der Waals surface area contributed by atoms with E-state index in [1.54, 1.807) is 0 Å². The average Bonchev–Trinajstić information content (AvgIpc) is 2.37. The van der Waals surface area contributed by atoms with Gasteiger partial charge >= 0.3 is 37.1 Å². The zero-order chi connectivity index (χ0) is 15.6. The van der Waals surface area contributed by atoms with Crippen LogP contribution in [0.5, 0.6) is 0 Å². The van der Waals surface area contributed by atoms with Crippen LogP contribution in [-0.4, -0.2) is 25.3 Å². The van der Waals surface area contributed by atoms with E-state index in [2.05, 4.69) is 34.3 Å². The van der Waals surface area contributed by atoms with Crippen molar-refractivity contribution >= 4 is 12.1 Å². The Hall–Kier alpha value is -0.528. The molecule has 9 N–H and O–H groups in total. The largest absolute Gasteiger partial charge is 2.00 e. The summed E-state index contributed by atoms with van der Waals surface area (Å²) >= 11 is 0. The van der Waals surface area contributed by atoms with Crippen LogP contribution < -0.4 is 33.2 Å². The summed E-state index contributed by atoms with van der Waals surface area (Å²) in [5.41, 5.74) is 14.6. The van der Waals surface area contributed by atoms with E-state index in [1.165, 1.54) is 19.3 Å². The number of nitrogens with two attached hydrogens (primary N) is 2. The summed E-state index contributed by atoms with van der Waals surface area (Å²) in [6, 6.07) is -1.26. The van der Waals surface area contributed by atoms with Crippen LogP contribution in [0.25, 0.3) is 5.73 Å². The molecule has 0 rings (SSSR count). The van der Waals surface area contributed by atoms with Gasteiger partial charge in [-0.25, -0.2) is 10.2 Å². The first-order valence-electron chi connectivity index (χ1n) is 6.55. The molecule has 0 aromatic carbocycles. The predicted molar refractivity (Wildman–Crippen MR) is 78.8 cm³/mol. The van der Waals surface area contributed by atoms with Crippen molar-refractivity contribution in [2.45, 2.75) is 38.5 Å². The van der Waals surface area contributed by atoms with Crippen molar-refractivity contribution in [3.8, 4) is 0 Å². The SMILES string of the molecule is [CH2-]CCCCCCCNC(=O)NCNNN.[NH-]C(N)=O.[U+2]. The van der Waals surface area contributed by atoms with Crippen LogP contribution in [0.4, 0.5) is 9.59 Å². The van der Waals surface area contributed by atoms with Crippen molar-refractivity contribution < 1.29 is 40.7 Å². The van der Waals surface area contributed by atoms with Gasteiger partial charge in [0, 0.05) is 6.54 Å². The third kappa shape index (κ3) is 32.8. The molecule has 0 aliphatic heterocycles. The van der Waals surface area contributed by atoms with E-state index in [4.69, 9.17) is 16.4 Å². The average molecular weight is 527 g/mol. The number of nitrogens with one attached hydrogen (secondary N) is 5. The summed E-state index contributed by atoms with van der Waals surface area (Å²) in [6.07, 6.45) is 6.85. The third-order valence-electron chi connectivity index (χ3n) is 2.15. The first-order valence-corrected chi connectivity index (χ1v) is 6.55. The maximum Gasteiger partial charge on any atom is 2.00 e. The van der Waals surface area contributed by atoms with Gasteiger partial charge in [0.15, 0.2) is 0 Å². The number of carbonyl (C=O) groups excluding carboxylic acids is 2. The van der Waals surface area contributed by atoms with Gasteiger partial charge in [-0.2, -0.15) is 12.0 Å². The first kappa shape index (κ1) is 25.4. The summed E-state index contributed by atoms with van der Waals surface area (Å²) in [4.78, 5) is 20.0. The minimum Gasteiger partial charge on any atom is -0.463 e. The van der Waals surface area contributed by atoms with Crippen molar-refractivity contribution in [3.05, 3.63) is 12.7 Å². The second-order valence-electron chi connectivity index (χ2n) is 3.92. The minimum absolute atomic E-state index is 0. The molecule has 4 amide bonds. The molecular formula is C11H27N7O2U. The van der Waals surface area contributed by atoms with Crippen LogP contribution in [0.1, 0.15) is 38.5 Å². The molecule has 0 heterocycles. The van der Waals surface area contributed by atoms with E-state index in [0.717, 1.165) is 19.3 Å². The fourth-order valence-electron chi connectivity index (χ4n) is 1.27. The fourth-order valence-corrected chi connectivity index (χ4v) is 1.27. The summed E-state index contributed by atoms with van der Waals surface area (Å²) in [5.74, 6) is 4.96. The van der Waals surface area contributed by atoms with Gasteiger partial charge in [-0.3, -0.25) is 10.6 Å². The molecule has 0 saturated carbocycles. The maximum absolute atomic E-state index is 11.1.